The highest BCUT2D eigenvalue weighted by Crippen LogP contribution is 2.29. The van der Waals surface area contributed by atoms with E-state index in [4.69, 9.17) is 5.11 Å². The third kappa shape index (κ3) is 4.55. The Morgan fingerprint density at radius 1 is 1.30 bits per heavy atom. The molecule has 5 heteroatoms. The number of amides is 1. The Balaban J connectivity index is 1.97. The summed E-state index contributed by atoms with van der Waals surface area (Å²) in [6, 6.07) is 7.94. The monoisotopic (exact) mass is 318 g/mol. The molecule has 1 saturated heterocycles. The molecule has 0 aliphatic carbocycles. The molecule has 0 aromatic heterocycles. The average molecular weight is 318 g/mol. The summed E-state index contributed by atoms with van der Waals surface area (Å²) < 4.78 is 0. The Hall–Kier alpha value is -1.88. The van der Waals surface area contributed by atoms with Gasteiger partial charge in [-0.3, -0.25) is 14.5 Å². The number of para-hydroxylation sites is 1. The Bertz CT molecular complexity index is 555. The lowest BCUT2D eigenvalue weighted by Gasteiger charge is -2.19. The normalized spacial score (nSPS) is 18.3. The van der Waals surface area contributed by atoms with Crippen LogP contribution in [0, 0.1) is 5.92 Å². The van der Waals surface area contributed by atoms with Crippen LogP contribution in [0.4, 0.5) is 5.69 Å². The second-order valence-electron chi connectivity index (χ2n) is 6.21. The number of carboxylic acid groups (broad SMARTS) is 1. The lowest BCUT2D eigenvalue weighted by molar-refractivity contribution is -0.141. The minimum Gasteiger partial charge on any atom is -0.481 e. The standard InChI is InChI=1S/C18H26N2O3/c1-3-13(4-2)15-7-5-6-8-16(15)19-17(21)12-20-10-9-14(11-20)18(22)23/h5-8,13-14H,3-4,9-12H2,1-2H3,(H,19,21)(H,22,23). The number of aliphatic carboxylic acids is 1. The van der Waals surface area contributed by atoms with Gasteiger partial charge in [0.25, 0.3) is 0 Å². The summed E-state index contributed by atoms with van der Waals surface area (Å²) in [5, 5.41) is 12.0. The van der Waals surface area contributed by atoms with Gasteiger partial charge in [-0.2, -0.15) is 0 Å². The maximum absolute atomic E-state index is 12.3. The number of nitrogens with zero attached hydrogens (tertiary/aromatic N) is 1. The molecule has 0 spiro atoms. The molecule has 1 aliphatic rings. The molecular weight excluding hydrogens is 292 g/mol. The van der Waals surface area contributed by atoms with E-state index in [9.17, 15) is 9.59 Å². The molecule has 0 bridgehead atoms. The van der Waals surface area contributed by atoms with Crippen LogP contribution in [0.1, 0.15) is 44.6 Å². The highest BCUT2D eigenvalue weighted by Gasteiger charge is 2.29. The molecule has 1 fully saturated rings. The molecule has 1 aliphatic heterocycles. The maximum atomic E-state index is 12.3. The van der Waals surface area contributed by atoms with Crippen LogP contribution in [0.25, 0.3) is 0 Å². The van der Waals surface area contributed by atoms with Crippen molar-refractivity contribution in [3.8, 4) is 0 Å². The number of benzene rings is 1. The van der Waals surface area contributed by atoms with Gasteiger partial charge in [0.05, 0.1) is 12.5 Å². The van der Waals surface area contributed by atoms with Crippen LogP contribution in [0.3, 0.4) is 0 Å². The van der Waals surface area contributed by atoms with Crippen LogP contribution in [-0.4, -0.2) is 41.5 Å². The Kier molecular flexibility index (Phi) is 6.16. The molecule has 1 unspecified atom stereocenters. The quantitative estimate of drug-likeness (QED) is 0.811. The van der Waals surface area contributed by atoms with Gasteiger partial charge in [0.1, 0.15) is 0 Å². The van der Waals surface area contributed by atoms with Gasteiger partial charge in [-0.05, 0) is 43.4 Å². The van der Waals surface area contributed by atoms with E-state index in [0.717, 1.165) is 18.5 Å². The first-order valence-electron chi connectivity index (χ1n) is 8.39. The largest absolute Gasteiger partial charge is 0.481 e. The van der Waals surface area contributed by atoms with E-state index in [1.54, 1.807) is 0 Å². The third-order valence-electron chi connectivity index (χ3n) is 4.65. The van der Waals surface area contributed by atoms with E-state index in [-0.39, 0.29) is 18.4 Å². The highest BCUT2D eigenvalue weighted by atomic mass is 16.4. The number of nitrogens with one attached hydrogen (secondary N) is 1. The zero-order valence-electron chi connectivity index (χ0n) is 13.9. The molecule has 2 rings (SSSR count). The molecule has 1 amide bonds. The second-order valence-corrected chi connectivity index (χ2v) is 6.21. The SMILES string of the molecule is CCC(CC)c1ccccc1NC(=O)CN1CCC(C(=O)O)C1. The van der Waals surface area contributed by atoms with E-state index in [1.165, 1.54) is 5.56 Å². The Morgan fingerprint density at radius 2 is 2.00 bits per heavy atom. The lowest BCUT2D eigenvalue weighted by Crippen LogP contribution is -2.32. The maximum Gasteiger partial charge on any atom is 0.307 e. The minimum absolute atomic E-state index is 0.0746. The predicted molar refractivity (Wildman–Crippen MR) is 90.6 cm³/mol. The first kappa shape index (κ1) is 17.5. The molecule has 1 heterocycles. The summed E-state index contributed by atoms with van der Waals surface area (Å²) in [5.74, 6) is -0.754. The number of carbonyl (C=O) groups is 2. The number of hydrogen-bond donors (Lipinski definition) is 2. The van der Waals surface area contributed by atoms with Gasteiger partial charge >= 0.3 is 5.97 Å². The van der Waals surface area contributed by atoms with Crippen LogP contribution in [0.2, 0.25) is 0 Å². The van der Waals surface area contributed by atoms with E-state index in [2.05, 4.69) is 25.2 Å². The number of carboxylic acids is 1. The Morgan fingerprint density at radius 3 is 2.61 bits per heavy atom. The van der Waals surface area contributed by atoms with Crippen molar-refractivity contribution in [3.63, 3.8) is 0 Å². The summed E-state index contributed by atoms with van der Waals surface area (Å²) in [5.41, 5.74) is 2.05. The first-order chi connectivity index (χ1) is 11.0. The molecule has 126 valence electrons. The average Bonchev–Trinajstić information content (AvgIpc) is 2.98. The van der Waals surface area contributed by atoms with E-state index in [1.807, 2.05) is 23.1 Å². The van der Waals surface area contributed by atoms with Gasteiger partial charge < -0.3 is 10.4 Å². The van der Waals surface area contributed by atoms with Gasteiger partial charge in [0.2, 0.25) is 5.91 Å². The van der Waals surface area contributed by atoms with Gasteiger partial charge in [0, 0.05) is 12.2 Å². The number of carbonyl (C=O) groups excluding carboxylic acids is 1. The highest BCUT2D eigenvalue weighted by molar-refractivity contribution is 5.93. The second kappa shape index (κ2) is 8.11. The van der Waals surface area contributed by atoms with Crippen molar-refractivity contribution < 1.29 is 14.7 Å². The van der Waals surface area contributed by atoms with Crippen molar-refractivity contribution in [3.05, 3.63) is 29.8 Å². The number of likely N-dealkylation sites (tertiary alicyclic amines) is 1. The van der Waals surface area contributed by atoms with E-state index < -0.39 is 5.97 Å². The summed E-state index contributed by atoms with van der Waals surface area (Å²) in [6.07, 6.45) is 2.69. The minimum atomic E-state index is -0.771. The molecule has 1 atom stereocenters. The van der Waals surface area contributed by atoms with Gasteiger partial charge in [0.15, 0.2) is 0 Å². The first-order valence-corrected chi connectivity index (χ1v) is 8.39. The molecule has 23 heavy (non-hydrogen) atoms. The molecule has 0 saturated carbocycles. The number of anilines is 1. The van der Waals surface area contributed by atoms with Gasteiger partial charge in [-0.1, -0.05) is 32.0 Å². The van der Waals surface area contributed by atoms with Crippen molar-refractivity contribution in [2.24, 2.45) is 5.92 Å². The number of rotatable bonds is 7. The summed E-state index contributed by atoms with van der Waals surface area (Å²) in [7, 11) is 0. The van der Waals surface area contributed by atoms with Crippen molar-refractivity contribution in [1.82, 2.24) is 4.90 Å². The molecular formula is C18H26N2O3. The van der Waals surface area contributed by atoms with E-state index in [0.29, 0.717) is 25.4 Å². The third-order valence-corrected chi connectivity index (χ3v) is 4.65. The molecule has 1 aromatic rings. The summed E-state index contributed by atoms with van der Waals surface area (Å²) in [6.45, 7) is 5.68. The molecule has 1 aromatic carbocycles. The Labute approximate surface area is 137 Å². The van der Waals surface area contributed by atoms with Gasteiger partial charge in [-0.25, -0.2) is 0 Å². The zero-order chi connectivity index (χ0) is 16.8. The summed E-state index contributed by atoms with van der Waals surface area (Å²) >= 11 is 0. The fourth-order valence-electron chi connectivity index (χ4n) is 3.27. The van der Waals surface area contributed by atoms with Crippen LogP contribution >= 0.6 is 0 Å². The summed E-state index contributed by atoms with van der Waals surface area (Å²) in [4.78, 5) is 25.2. The number of hydrogen-bond acceptors (Lipinski definition) is 3. The van der Waals surface area contributed by atoms with Crippen molar-refractivity contribution in [1.29, 1.82) is 0 Å². The van der Waals surface area contributed by atoms with Crippen LogP contribution in [0.15, 0.2) is 24.3 Å². The van der Waals surface area contributed by atoms with Crippen LogP contribution < -0.4 is 5.32 Å². The molecule has 0 radical (unpaired) electrons. The van der Waals surface area contributed by atoms with Crippen LogP contribution in [-0.2, 0) is 9.59 Å². The molecule has 5 nitrogen and oxygen atoms in total. The van der Waals surface area contributed by atoms with Crippen molar-refractivity contribution in [2.75, 3.05) is 25.0 Å². The van der Waals surface area contributed by atoms with E-state index >= 15 is 0 Å². The van der Waals surface area contributed by atoms with Crippen molar-refractivity contribution >= 4 is 17.6 Å². The zero-order valence-corrected chi connectivity index (χ0v) is 13.9. The smallest absolute Gasteiger partial charge is 0.307 e. The van der Waals surface area contributed by atoms with Crippen molar-refractivity contribution in [2.45, 2.75) is 39.0 Å². The molecule has 2 N–H and O–H groups in total. The fourth-order valence-corrected chi connectivity index (χ4v) is 3.27. The van der Waals surface area contributed by atoms with Gasteiger partial charge in [-0.15, -0.1) is 0 Å². The predicted octanol–water partition coefficient (Wildman–Crippen LogP) is 2.94. The van der Waals surface area contributed by atoms with Crippen LogP contribution in [0.5, 0.6) is 0 Å². The lowest BCUT2D eigenvalue weighted by atomic mass is 9.92. The fraction of sp³-hybridized carbons (Fsp3) is 0.556. The topological polar surface area (TPSA) is 69.6 Å².